The van der Waals surface area contributed by atoms with Crippen LogP contribution in [0.15, 0.2) is 30.5 Å². The van der Waals surface area contributed by atoms with Gasteiger partial charge in [-0.25, -0.2) is 0 Å². The molecule has 3 amide bonds. The van der Waals surface area contributed by atoms with Crippen molar-refractivity contribution in [2.45, 2.75) is 19.3 Å². The number of fused-ring (bicyclic) bond motifs is 1. The van der Waals surface area contributed by atoms with Gasteiger partial charge in [-0.1, -0.05) is 19.1 Å². The molecule has 1 aromatic heterocycles. The summed E-state index contributed by atoms with van der Waals surface area (Å²) >= 11 is 0. The Morgan fingerprint density at radius 2 is 1.96 bits per heavy atom. The van der Waals surface area contributed by atoms with E-state index in [0.29, 0.717) is 5.56 Å². The lowest BCUT2D eigenvalue weighted by Crippen LogP contribution is -2.23. The second-order valence-electron chi connectivity index (χ2n) is 5.67. The number of nitrogens with one attached hydrogen (secondary N) is 1. The van der Waals surface area contributed by atoms with Crippen molar-refractivity contribution < 1.29 is 14.4 Å². The van der Waals surface area contributed by atoms with Gasteiger partial charge in [0.1, 0.15) is 5.69 Å². The Labute approximate surface area is 138 Å². The summed E-state index contributed by atoms with van der Waals surface area (Å²) < 4.78 is 0. The first kappa shape index (κ1) is 15.7. The predicted octanol–water partition coefficient (Wildman–Crippen LogP) is 0.926. The summed E-state index contributed by atoms with van der Waals surface area (Å²) in [6, 6.07) is 6.93. The molecule has 0 fully saturated rings. The van der Waals surface area contributed by atoms with E-state index in [1.807, 2.05) is 19.1 Å². The SMILES string of the molecule is CC(c1cccc2c1CC(=O)N2)c1c(C(N)=O)ccnc1C(N)=O. The van der Waals surface area contributed by atoms with Crippen LogP contribution in [0.3, 0.4) is 0 Å². The van der Waals surface area contributed by atoms with Crippen molar-refractivity contribution in [1.82, 2.24) is 4.98 Å². The summed E-state index contributed by atoms with van der Waals surface area (Å²) in [6.07, 6.45) is 1.57. The molecule has 0 saturated heterocycles. The standard InChI is InChI=1S/C17H16N4O3/c1-8(9-3-2-4-12-11(9)7-13(22)21-12)14-10(16(18)23)5-6-20-15(14)17(19)24/h2-6,8H,7H2,1H3,(H2,18,23)(H2,19,24)(H,21,22). The van der Waals surface area contributed by atoms with Crippen LogP contribution in [0.5, 0.6) is 0 Å². The van der Waals surface area contributed by atoms with Crippen LogP contribution in [-0.4, -0.2) is 22.7 Å². The third-order valence-electron chi connectivity index (χ3n) is 4.21. The zero-order valence-corrected chi connectivity index (χ0v) is 13.0. The Balaban J connectivity index is 2.20. The first-order chi connectivity index (χ1) is 11.4. The molecular weight excluding hydrogens is 308 g/mol. The molecule has 0 spiro atoms. The minimum atomic E-state index is -0.735. The quantitative estimate of drug-likeness (QED) is 0.772. The maximum atomic E-state index is 11.8. The lowest BCUT2D eigenvalue weighted by Gasteiger charge is -2.20. The first-order valence-corrected chi connectivity index (χ1v) is 7.40. The summed E-state index contributed by atoms with van der Waals surface area (Å²) in [5.41, 5.74) is 13.8. The van der Waals surface area contributed by atoms with Gasteiger partial charge in [-0.05, 0) is 23.3 Å². The van der Waals surface area contributed by atoms with Gasteiger partial charge < -0.3 is 16.8 Å². The van der Waals surface area contributed by atoms with Crippen molar-refractivity contribution in [3.05, 3.63) is 58.4 Å². The largest absolute Gasteiger partial charge is 0.366 e. The van der Waals surface area contributed by atoms with E-state index in [0.717, 1.165) is 16.8 Å². The summed E-state index contributed by atoms with van der Waals surface area (Å²) in [5.74, 6) is -1.88. The topological polar surface area (TPSA) is 128 Å². The molecule has 0 saturated carbocycles. The number of primary amides is 2. The number of carbonyl (C=O) groups is 3. The Bertz CT molecular complexity index is 844. The molecule has 122 valence electrons. The average molecular weight is 324 g/mol. The highest BCUT2D eigenvalue weighted by molar-refractivity contribution is 6.01. The Kier molecular flexibility index (Phi) is 3.76. The lowest BCUT2D eigenvalue weighted by atomic mass is 9.85. The van der Waals surface area contributed by atoms with Crippen molar-refractivity contribution in [3.8, 4) is 0 Å². The van der Waals surface area contributed by atoms with Gasteiger partial charge in [0, 0.05) is 28.9 Å². The molecule has 0 aliphatic carbocycles. The van der Waals surface area contributed by atoms with E-state index >= 15 is 0 Å². The number of aromatic nitrogens is 1. The molecule has 24 heavy (non-hydrogen) atoms. The third-order valence-corrected chi connectivity index (χ3v) is 4.21. The Hall–Kier alpha value is -3.22. The van der Waals surface area contributed by atoms with Crippen molar-refractivity contribution >= 4 is 23.4 Å². The van der Waals surface area contributed by atoms with Crippen molar-refractivity contribution in [1.29, 1.82) is 0 Å². The molecule has 1 unspecified atom stereocenters. The van der Waals surface area contributed by atoms with Gasteiger partial charge in [-0.3, -0.25) is 19.4 Å². The molecule has 0 radical (unpaired) electrons. The molecule has 7 nitrogen and oxygen atoms in total. The second kappa shape index (κ2) is 5.77. The maximum Gasteiger partial charge on any atom is 0.267 e. The minimum Gasteiger partial charge on any atom is -0.366 e. The van der Waals surface area contributed by atoms with Crippen LogP contribution in [0.2, 0.25) is 0 Å². The number of rotatable bonds is 4. The van der Waals surface area contributed by atoms with Crippen LogP contribution in [0.1, 0.15) is 50.4 Å². The highest BCUT2D eigenvalue weighted by atomic mass is 16.2. The van der Waals surface area contributed by atoms with E-state index < -0.39 is 11.8 Å². The molecule has 1 aliphatic heterocycles. The van der Waals surface area contributed by atoms with Gasteiger partial charge in [-0.15, -0.1) is 0 Å². The molecule has 2 aromatic rings. The van der Waals surface area contributed by atoms with E-state index in [9.17, 15) is 14.4 Å². The first-order valence-electron chi connectivity index (χ1n) is 7.40. The van der Waals surface area contributed by atoms with Gasteiger partial charge >= 0.3 is 0 Å². The molecular formula is C17H16N4O3. The van der Waals surface area contributed by atoms with E-state index in [-0.39, 0.29) is 29.5 Å². The van der Waals surface area contributed by atoms with E-state index in [1.54, 1.807) is 6.07 Å². The molecule has 5 N–H and O–H groups in total. The summed E-state index contributed by atoms with van der Waals surface area (Å²) in [5, 5.41) is 2.78. The van der Waals surface area contributed by atoms with Crippen molar-refractivity contribution in [2.24, 2.45) is 11.5 Å². The zero-order valence-electron chi connectivity index (χ0n) is 13.0. The number of nitrogens with zero attached hydrogens (tertiary/aromatic N) is 1. The zero-order chi connectivity index (χ0) is 17.4. The van der Waals surface area contributed by atoms with E-state index in [2.05, 4.69) is 10.3 Å². The van der Waals surface area contributed by atoms with E-state index in [1.165, 1.54) is 12.3 Å². The smallest absolute Gasteiger partial charge is 0.267 e. The number of carbonyl (C=O) groups excluding carboxylic acids is 3. The van der Waals surface area contributed by atoms with Crippen LogP contribution < -0.4 is 16.8 Å². The fraction of sp³-hybridized carbons (Fsp3) is 0.176. The van der Waals surface area contributed by atoms with Gasteiger partial charge in [0.05, 0.1) is 6.42 Å². The average Bonchev–Trinajstić information content (AvgIpc) is 2.93. The van der Waals surface area contributed by atoms with Gasteiger partial charge in [0.25, 0.3) is 5.91 Å². The van der Waals surface area contributed by atoms with Gasteiger partial charge in [-0.2, -0.15) is 0 Å². The normalized spacial score (nSPS) is 14.0. The molecule has 7 heteroatoms. The second-order valence-corrected chi connectivity index (χ2v) is 5.67. The summed E-state index contributed by atoms with van der Waals surface area (Å²) in [6.45, 7) is 1.83. The number of pyridine rings is 1. The number of hydrogen-bond donors (Lipinski definition) is 3. The van der Waals surface area contributed by atoms with E-state index in [4.69, 9.17) is 11.5 Å². The molecule has 1 aromatic carbocycles. The molecule has 0 bridgehead atoms. The highest BCUT2D eigenvalue weighted by Gasteiger charge is 2.28. The van der Waals surface area contributed by atoms with Crippen LogP contribution in [0.4, 0.5) is 5.69 Å². The maximum absolute atomic E-state index is 11.8. The predicted molar refractivity (Wildman–Crippen MR) is 87.6 cm³/mol. The number of benzene rings is 1. The number of hydrogen-bond acceptors (Lipinski definition) is 4. The van der Waals surface area contributed by atoms with Crippen LogP contribution in [0.25, 0.3) is 0 Å². The van der Waals surface area contributed by atoms with Crippen LogP contribution >= 0.6 is 0 Å². The van der Waals surface area contributed by atoms with Crippen LogP contribution in [-0.2, 0) is 11.2 Å². The monoisotopic (exact) mass is 324 g/mol. The number of nitrogens with two attached hydrogens (primary N) is 2. The summed E-state index contributed by atoms with van der Waals surface area (Å²) in [7, 11) is 0. The minimum absolute atomic E-state index is 0.00804. The molecule has 1 atom stereocenters. The third kappa shape index (κ3) is 2.50. The fourth-order valence-corrected chi connectivity index (χ4v) is 3.16. The van der Waals surface area contributed by atoms with Crippen LogP contribution in [0, 0.1) is 0 Å². The Morgan fingerprint density at radius 3 is 2.62 bits per heavy atom. The van der Waals surface area contributed by atoms with Gasteiger partial charge in [0.15, 0.2) is 0 Å². The summed E-state index contributed by atoms with van der Waals surface area (Å²) in [4.78, 5) is 39.3. The fourth-order valence-electron chi connectivity index (χ4n) is 3.16. The van der Waals surface area contributed by atoms with Crippen molar-refractivity contribution in [3.63, 3.8) is 0 Å². The lowest BCUT2D eigenvalue weighted by molar-refractivity contribution is -0.115. The molecule has 1 aliphatic rings. The number of amides is 3. The van der Waals surface area contributed by atoms with Gasteiger partial charge in [0.2, 0.25) is 11.8 Å². The Morgan fingerprint density at radius 1 is 1.21 bits per heavy atom. The van der Waals surface area contributed by atoms with Crippen molar-refractivity contribution in [2.75, 3.05) is 5.32 Å². The molecule has 3 rings (SSSR count). The highest BCUT2D eigenvalue weighted by Crippen LogP contribution is 2.36. The number of anilines is 1. The molecule has 2 heterocycles.